The molecular weight excluding hydrogens is 229 g/mol. The van der Waals surface area contributed by atoms with Crippen molar-refractivity contribution in [3.05, 3.63) is 23.5 Å². The number of halogens is 1. The molecule has 0 fully saturated rings. The van der Waals surface area contributed by atoms with Gasteiger partial charge in [-0.05, 0) is 24.1 Å². The van der Waals surface area contributed by atoms with Crippen molar-refractivity contribution in [2.24, 2.45) is 5.73 Å². The second-order valence-corrected chi connectivity index (χ2v) is 3.59. The van der Waals surface area contributed by atoms with Gasteiger partial charge in [-0.3, -0.25) is 4.79 Å². The lowest BCUT2D eigenvalue weighted by molar-refractivity contribution is -0.137. The van der Waals surface area contributed by atoms with E-state index in [-0.39, 0.29) is 18.6 Å². The van der Waals surface area contributed by atoms with Crippen LogP contribution in [0, 0.1) is 5.82 Å². The molecule has 0 spiro atoms. The molecule has 1 rings (SSSR count). The zero-order valence-electron chi connectivity index (χ0n) is 9.31. The molecule has 1 atom stereocenters. The van der Waals surface area contributed by atoms with E-state index in [4.69, 9.17) is 15.6 Å². The quantitative estimate of drug-likeness (QED) is 0.727. The number of carboxylic acids is 1. The van der Waals surface area contributed by atoms with Crippen molar-refractivity contribution in [1.29, 1.82) is 0 Å². The van der Waals surface area contributed by atoms with E-state index >= 15 is 0 Å². The summed E-state index contributed by atoms with van der Waals surface area (Å²) in [5, 5.41) is 17.8. The molecule has 0 saturated carbocycles. The molecule has 4 N–H and O–H groups in total. The van der Waals surface area contributed by atoms with Gasteiger partial charge in [-0.2, -0.15) is 0 Å². The Bertz CT molecular complexity index is 422. The van der Waals surface area contributed by atoms with E-state index in [0.717, 1.165) is 6.07 Å². The molecule has 0 heterocycles. The van der Waals surface area contributed by atoms with Crippen molar-refractivity contribution in [2.75, 3.05) is 7.11 Å². The van der Waals surface area contributed by atoms with Crippen LogP contribution in [0.5, 0.6) is 11.5 Å². The van der Waals surface area contributed by atoms with Gasteiger partial charge in [0, 0.05) is 12.5 Å². The van der Waals surface area contributed by atoms with E-state index in [1.807, 2.05) is 0 Å². The van der Waals surface area contributed by atoms with Crippen molar-refractivity contribution in [3.8, 4) is 11.5 Å². The minimum absolute atomic E-state index is 0.0224. The average Bonchev–Trinajstić information content (AvgIpc) is 2.29. The average molecular weight is 243 g/mol. The zero-order valence-corrected chi connectivity index (χ0v) is 9.31. The fraction of sp³-hybridized carbons (Fsp3) is 0.364. The van der Waals surface area contributed by atoms with E-state index in [1.54, 1.807) is 0 Å². The predicted octanol–water partition coefficient (Wildman–Crippen LogP) is 1.40. The Balaban J connectivity index is 2.90. The predicted molar refractivity (Wildman–Crippen MR) is 58.4 cm³/mol. The molecule has 1 unspecified atom stereocenters. The van der Waals surface area contributed by atoms with Gasteiger partial charge in [-0.15, -0.1) is 0 Å². The van der Waals surface area contributed by atoms with Crippen LogP contribution in [0.2, 0.25) is 0 Å². The summed E-state index contributed by atoms with van der Waals surface area (Å²) in [6, 6.07) is 1.85. The fourth-order valence-electron chi connectivity index (χ4n) is 1.41. The van der Waals surface area contributed by atoms with Crippen LogP contribution in [0.1, 0.15) is 24.4 Å². The van der Waals surface area contributed by atoms with Gasteiger partial charge in [0.2, 0.25) is 0 Å². The van der Waals surface area contributed by atoms with Crippen LogP contribution >= 0.6 is 0 Å². The highest BCUT2D eigenvalue weighted by Crippen LogP contribution is 2.32. The molecule has 1 aromatic rings. The molecular formula is C11H14FNO4. The largest absolute Gasteiger partial charge is 0.502 e. The summed E-state index contributed by atoms with van der Waals surface area (Å²) in [6.07, 6.45) is 0.0781. The fourth-order valence-corrected chi connectivity index (χ4v) is 1.41. The zero-order chi connectivity index (χ0) is 13.0. The summed E-state index contributed by atoms with van der Waals surface area (Å²) in [6.45, 7) is 0. The molecule has 0 saturated heterocycles. The second kappa shape index (κ2) is 5.49. The van der Waals surface area contributed by atoms with E-state index in [2.05, 4.69) is 0 Å². The maximum Gasteiger partial charge on any atom is 0.303 e. The summed E-state index contributed by atoms with van der Waals surface area (Å²) >= 11 is 0. The van der Waals surface area contributed by atoms with Gasteiger partial charge in [-0.1, -0.05) is 0 Å². The smallest absolute Gasteiger partial charge is 0.303 e. The minimum Gasteiger partial charge on any atom is -0.502 e. The van der Waals surface area contributed by atoms with Crippen LogP contribution in [0.15, 0.2) is 12.1 Å². The van der Waals surface area contributed by atoms with Gasteiger partial charge < -0.3 is 20.7 Å². The number of aliphatic carboxylic acids is 1. The molecule has 0 aliphatic rings. The van der Waals surface area contributed by atoms with E-state index in [1.165, 1.54) is 13.2 Å². The van der Waals surface area contributed by atoms with Crippen molar-refractivity contribution in [3.63, 3.8) is 0 Å². The Morgan fingerprint density at radius 1 is 1.59 bits per heavy atom. The second-order valence-electron chi connectivity index (χ2n) is 3.59. The first-order chi connectivity index (χ1) is 7.95. The molecule has 1 aromatic carbocycles. The van der Waals surface area contributed by atoms with E-state index < -0.39 is 23.6 Å². The lowest BCUT2D eigenvalue weighted by Crippen LogP contribution is -2.12. The van der Waals surface area contributed by atoms with Crippen LogP contribution in [0.25, 0.3) is 0 Å². The number of benzene rings is 1. The van der Waals surface area contributed by atoms with Gasteiger partial charge in [0.05, 0.1) is 7.11 Å². The number of hydrogen-bond acceptors (Lipinski definition) is 4. The lowest BCUT2D eigenvalue weighted by atomic mass is 10.0. The standard InChI is InChI=1S/C11H14FNO4/c1-17-9-5-6(4-7(12)11(9)16)8(13)2-3-10(14)15/h4-5,8,16H,2-3,13H2,1H3,(H,14,15). The number of carbonyl (C=O) groups is 1. The monoisotopic (exact) mass is 243 g/mol. The number of hydrogen-bond donors (Lipinski definition) is 3. The van der Waals surface area contributed by atoms with Crippen molar-refractivity contribution >= 4 is 5.97 Å². The van der Waals surface area contributed by atoms with E-state index in [9.17, 15) is 14.3 Å². The van der Waals surface area contributed by atoms with Crippen LogP contribution < -0.4 is 10.5 Å². The SMILES string of the molecule is COc1cc(C(N)CCC(=O)O)cc(F)c1O. The molecule has 94 valence electrons. The third-order valence-electron chi connectivity index (χ3n) is 2.37. The van der Waals surface area contributed by atoms with Crippen LogP contribution in [-0.4, -0.2) is 23.3 Å². The topological polar surface area (TPSA) is 92.8 Å². The Kier molecular flexibility index (Phi) is 4.28. The Labute approximate surface area is 97.6 Å². The number of rotatable bonds is 5. The molecule has 0 amide bonds. The summed E-state index contributed by atoms with van der Waals surface area (Å²) in [5.41, 5.74) is 6.11. The molecule has 0 aliphatic carbocycles. The van der Waals surface area contributed by atoms with Crippen molar-refractivity contribution in [1.82, 2.24) is 0 Å². The highest BCUT2D eigenvalue weighted by Gasteiger charge is 2.15. The molecule has 0 bridgehead atoms. The van der Waals surface area contributed by atoms with E-state index in [0.29, 0.717) is 5.56 Å². The highest BCUT2D eigenvalue weighted by molar-refractivity contribution is 5.66. The molecule has 0 aromatic heterocycles. The molecule has 17 heavy (non-hydrogen) atoms. The normalized spacial score (nSPS) is 12.2. The number of phenolic OH excluding ortho intramolecular Hbond substituents is 1. The van der Waals surface area contributed by atoms with Crippen molar-refractivity contribution < 1.29 is 24.1 Å². The first kappa shape index (κ1) is 13.2. The Morgan fingerprint density at radius 3 is 2.76 bits per heavy atom. The summed E-state index contributed by atoms with van der Waals surface area (Å²) < 4.78 is 18.1. The third kappa shape index (κ3) is 3.32. The van der Waals surface area contributed by atoms with Gasteiger partial charge in [0.25, 0.3) is 0 Å². The summed E-state index contributed by atoms with van der Waals surface area (Å²) in [5.74, 6) is -2.41. The lowest BCUT2D eigenvalue weighted by Gasteiger charge is -2.13. The minimum atomic E-state index is -0.966. The Hall–Kier alpha value is -1.82. The summed E-state index contributed by atoms with van der Waals surface area (Å²) in [4.78, 5) is 10.4. The number of nitrogens with two attached hydrogens (primary N) is 1. The molecule has 0 aliphatic heterocycles. The van der Waals surface area contributed by atoms with Crippen LogP contribution in [0.3, 0.4) is 0 Å². The highest BCUT2D eigenvalue weighted by atomic mass is 19.1. The van der Waals surface area contributed by atoms with Crippen LogP contribution in [-0.2, 0) is 4.79 Å². The molecule has 6 heteroatoms. The molecule has 0 radical (unpaired) electrons. The van der Waals surface area contributed by atoms with Gasteiger partial charge in [0.1, 0.15) is 0 Å². The number of phenols is 1. The van der Waals surface area contributed by atoms with Crippen LogP contribution in [0.4, 0.5) is 4.39 Å². The number of carboxylic acid groups (broad SMARTS) is 1. The first-order valence-corrected chi connectivity index (χ1v) is 4.99. The van der Waals surface area contributed by atoms with Gasteiger partial charge >= 0.3 is 5.97 Å². The van der Waals surface area contributed by atoms with Gasteiger partial charge in [0.15, 0.2) is 17.3 Å². The maximum atomic E-state index is 13.3. The number of ether oxygens (including phenoxy) is 1. The van der Waals surface area contributed by atoms with Crippen molar-refractivity contribution in [2.45, 2.75) is 18.9 Å². The number of methoxy groups -OCH3 is 1. The third-order valence-corrected chi connectivity index (χ3v) is 2.37. The Morgan fingerprint density at radius 2 is 2.24 bits per heavy atom. The maximum absolute atomic E-state index is 13.3. The molecule has 5 nitrogen and oxygen atoms in total. The summed E-state index contributed by atoms with van der Waals surface area (Å²) in [7, 11) is 1.29. The van der Waals surface area contributed by atoms with Gasteiger partial charge in [-0.25, -0.2) is 4.39 Å². The first-order valence-electron chi connectivity index (χ1n) is 4.99. The number of aromatic hydroxyl groups is 1.